The third kappa shape index (κ3) is 4.35. The maximum atomic E-state index is 12.1. The summed E-state index contributed by atoms with van der Waals surface area (Å²) in [5.74, 6) is -1.29. The van der Waals surface area contributed by atoms with E-state index in [2.05, 4.69) is 19.9 Å². The van der Waals surface area contributed by atoms with Crippen molar-refractivity contribution in [3.05, 3.63) is 23.8 Å². The van der Waals surface area contributed by atoms with Gasteiger partial charge in [0.05, 0.1) is 12.0 Å². The van der Waals surface area contributed by atoms with Gasteiger partial charge < -0.3 is 10.2 Å². The lowest BCUT2D eigenvalue weighted by Crippen LogP contribution is -2.54. The van der Waals surface area contributed by atoms with Gasteiger partial charge in [0.15, 0.2) is 11.6 Å². The highest BCUT2D eigenvalue weighted by Gasteiger charge is 2.47. The van der Waals surface area contributed by atoms with Crippen molar-refractivity contribution in [3.8, 4) is 0 Å². The Morgan fingerprint density at radius 3 is 2.62 bits per heavy atom. The number of hydrogen-bond donors (Lipinski definition) is 2. The first-order valence-corrected chi connectivity index (χ1v) is 7.55. The van der Waals surface area contributed by atoms with E-state index in [9.17, 15) is 19.8 Å². The van der Waals surface area contributed by atoms with E-state index in [-0.39, 0.29) is 18.6 Å². The minimum absolute atomic E-state index is 0.255. The molecule has 1 fully saturated rings. The Kier molecular flexibility index (Phi) is 6.05. The number of carbonyl (C=O) groups excluding carboxylic acids is 2. The predicted molar refractivity (Wildman–Crippen MR) is 81.7 cm³/mol. The molecule has 2 N–H and O–H groups in total. The fourth-order valence-corrected chi connectivity index (χ4v) is 2.48. The molecule has 1 aliphatic carbocycles. The molecule has 0 aromatic rings. The van der Waals surface area contributed by atoms with Crippen LogP contribution in [-0.4, -0.2) is 33.5 Å². The molecule has 0 bridgehead atoms. The quantitative estimate of drug-likeness (QED) is 0.463. The van der Waals surface area contributed by atoms with E-state index in [1.807, 2.05) is 6.92 Å². The highest BCUT2D eigenvalue weighted by atomic mass is 16.3. The van der Waals surface area contributed by atoms with Gasteiger partial charge >= 0.3 is 0 Å². The molecule has 4 atom stereocenters. The van der Waals surface area contributed by atoms with Crippen LogP contribution in [0.1, 0.15) is 47.0 Å². The number of rotatable bonds is 5. The van der Waals surface area contributed by atoms with Crippen LogP contribution in [0.25, 0.3) is 0 Å². The SMILES string of the molecule is CCC(C)/C=C(C)/C=C/C(=O)C1CCC(O)C(C)(O)C1=O. The lowest BCUT2D eigenvalue weighted by Gasteiger charge is -2.35. The van der Waals surface area contributed by atoms with Crippen molar-refractivity contribution in [2.45, 2.75) is 58.7 Å². The van der Waals surface area contributed by atoms with Crippen molar-refractivity contribution in [2.75, 3.05) is 0 Å². The summed E-state index contributed by atoms with van der Waals surface area (Å²) in [5.41, 5.74) is -0.846. The summed E-state index contributed by atoms with van der Waals surface area (Å²) in [6, 6.07) is 0. The largest absolute Gasteiger partial charge is 0.390 e. The van der Waals surface area contributed by atoms with E-state index in [0.29, 0.717) is 5.92 Å². The van der Waals surface area contributed by atoms with E-state index in [4.69, 9.17) is 0 Å². The maximum absolute atomic E-state index is 12.1. The fourth-order valence-electron chi connectivity index (χ4n) is 2.48. The zero-order valence-corrected chi connectivity index (χ0v) is 13.3. The lowest BCUT2D eigenvalue weighted by molar-refractivity contribution is -0.161. The van der Waals surface area contributed by atoms with Crippen molar-refractivity contribution in [3.63, 3.8) is 0 Å². The fraction of sp³-hybridized carbons (Fsp3) is 0.647. The summed E-state index contributed by atoms with van der Waals surface area (Å²) in [7, 11) is 0. The van der Waals surface area contributed by atoms with E-state index < -0.39 is 23.4 Å². The van der Waals surface area contributed by atoms with Crippen LogP contribution in [0.3, 0.4) is 0 Å². The van der Waals surface area contributed by atoms with Gasteiger partial charge in [-0.25, -0.2) is 0 Å². The van der Waals surface area contributed by atoms with E-state index in [0.717, 1.165) is 12.0 Å². The van der Waals surface area contributed by atoms with Gasteiger partial charge in [0, 0.05) is 0 Å². The summed E-state index contributed by atoms with van der Waals surface area (Å²) in [4.78, 5) is 24.2. The van der Waals surface area contributed by atoms with Gasteiger partial charge in [-0.1, -0.05) is 38.0 Å². The van der Waals surface area contributed by atoms with Crippen LogP contribution < -0.4 is 0 Å². The van der Waals surface area contributed by atoms with Gasteiger partial charge in [-0.05, 0) is 38.7 Å². The number of allylic oxidation sites excluding steroid dienone is 4. The minimum atomic E-state index is -1.83. The first-order chi connectivity index (χ1) is 9.70. The van der Waals surface area contributed by atoms with Crippen LogP contribution in [0.15, 0.2) is 23.8 Å². The van der Waals surface area contributed by atoms with Gasteiger partial charge in [0.2, 0.25) is 0 Å². The summed E-state index contributed by atoms with van der Waals surface area (Å²) < 4.78 is 0. The average Bonchev–Trinajstić information content (AvgIpc) is 2.42. The standard InChI is InChI=1S/C17H26O4/c1-5-11(2)10-12(3)6-8-14(18)13-7-9-15(19)17(4,21)16(13)20/h6,8,10-11,13,15,19,21H,5,7,9H2,1-4H3/b8-6+,12-10+. The van der Waals surface area contributed by atoms with Crippen LogP contribution in [-0.2, 0) is 9.59 Å². The van der Waals surface area contributed by atoms with Crippen LogP contribution >= 0.6 is 0 Å². The molecule has 0 amide bonds. The number of aliphatic hydroxyl groups excluding tert-OH is 1. The summed E-state index contributed by atoms with van der Waals surface area (Å²) >= 11 is 0. The number of carbonyl (C=O) groups is 2. The molecular weight excluding hydrogens is 268 g/mol. The highest BCUT2D eigenvalue weighted by Crippen LogP contribution is 2.30. The second-order valence-corrected chi connectivity index (χ2v) is 6.19. The Labute approximate surface area is 126 Å². The minimum Gasteiger partial charge on any atom is -0.390 e. The molecule has 1 aliphatic rings. The van der Waals surface area contributed by atoms with E-state index >= 15 is 0 Å². The van der Waals surface area contributed by atoms with Gasteiger partial charge in [-0.15, -0.1) is 0 Å². The number of aliphatic hydroxyl groups is 2. The highest BCUT2D eigenvalue weighted by molar-refractivity contribution is 6.10. The third-order valence-electron chi connectivity index (χ3n) is 4.24. The normalized spacial score (nSPS) is 32.5. The molecule has 0 radical (unpaired) electrons. The Morgan fingerprint density at radius 1 is 1.43 bits per heavy atom. The molecule has 0 heterocycles. The zero-order valence-electron chi connectivity index (χ0n) is 13.3. The molecule has 1 saturated carbocycles. The van der Waals surface area contributed by atoms with E-state index in [1.165, 1.54) is 13.0 Å². The van der Waals surface area contributed by atoms with E-state index in [1.54, 1.807) is 6.08 Å². The average molecular weight is 294 g/mol. The molecule has 4 unspecified atom stereocenters. The summed E-state index contributed by atoms with van der Waals surface area (Å²) in [6.45, 7) is 7.38. The Balaban J connectivity index is 2.77. The van der Waals surface area contributed by atoms with Crippen LogP contribution in [0.2, 0.25) is 0 Å². The molecule has 0 aliphatic heterocycles. The smallest absolute Gasteiger partial charge is 0.177 e. The number of Topliss-reactive ketones (excluding diaryl/α,β-unsaturated/α-hetero) is 1. The van der Waals surface area contributed by atoms with Crippen molar-refractivity contribution in [1.82, 2.24) is 0 Å². The molecule has 4 heteroatoms. The van der Waals surface area contributed by atoms with Crippen molar-refractivity contribution < 1.29 is 19.8 Å². The molecule has 0 spiro atoms. The molecule has 0 aromatic heterocycles. The maximum Gasteiger partial charge on any atom is 0.177 e. The summed E-state index contributed by atoms with van der Waals surface area (Å²) in [5, 5.41) is 19.6. The van der Waals surface area contributed by atoms with Gasteiger partial charge in [0.1, 0.15) is 5.60 Å². The third-order valence-corrected chi connectivity index (χ3v) is 4.24. The van der Waals surface area contributed by atoms with Gasteiger partial charge in [0.25, 0.3) is 0 Å². The van der Waals surface area contributed by atoms with Gasteiger partial charge in [-0.2, -0.15) is 0 Å². The summed E-state index contributed by atoms with van der Waals surface area (Å²) in [6.07, 6.45) is 5.67. The van der Waals surface area contributed by atoms with Crippen LogP contribution in [0.5, 0.6) is 0 Å². The van der Waals surface area contributed by atoms with Crippen molar-refractivity contribution in [2.24, 2.45) is 11.8 Å². The second-order valence-electron chi connectivity index (χ2n) is 6.19. The Bertz CT molecular complexity index is 459. The Morgan fingerprint density at radius 2 is 2.05 bits per heavy atom. The number of hydrogen-bond acceptors (Lipinski definition) is 4. The first-order valence-electron chi connectivity index (χ1n) is 7.55. The topological polar surface area (TPSA) is 74.6 Å². The van der Waals surface area contributed by atoms with Crippen molar-refractivity contribution >= 4 is 11.6 Å². The van der Waals surface area contributed by atoms with Crippen LogP contribution in [0.4, 0.5) is 0 Å². The predicted octanol–water partition coefficient (Wildman–Crippen LogP) is 2.20. The monoisotopic (exact) mass is 294 g/mol. The van der Waals surface area contributed by atoms with Gasteiger partial charge in [-0.3, -0.25) is 9.59 Å². The molecular formula is C17H26O4. The van der Waals surface area contributed by atoms with Crippen LogP contribution in [0, 0.1) is 11.8 Å². The molecule has 21 heavy (non-hydrogen) atoms. The Hall–Kier alpha value is -1.26. The molecule has 0 aromatic carbocycles. The second kappa shape index (κ2) is 7.14. The van der Waals surface area contributed by atoms with Crippen molar-refractivity contribution in [1.29, 1.82) is 0 Å². The first kappa shape index (κ1) is 17.8. The number of ketones is 2. The zero-order chi connectivity index (χ0) is 16.2. The molecule has 0 saturated heterocycles. The lowest BCUT2D eigenvalue weighted by atomic mass is 9.74. The molecule has 1 rings (SSSR count). The molecule has 118 valence electrons. The molecule has 4 nitrogen and oxygen atoms in total.